The first-order valence-electron chi connectivity index (χ1n) is 12.7. The lowest BCUT2D eigenvalue weighted by Gasteiger charge is -2.22. The van der Waals surface area contributed by atoms with Crippen LogP contribution in [-0.4, -0.2) is 41.2 Å². The van der Waals surface area contributed by atoms with Gasteiger partial charge in [0.05, 0.1) is 40.6 Å². The second-order valence-corrected chi connectivity index (χ2v) is 9.47. The third-order valence-corrected chi connectivity index (χ3v) is 6.98. The number of nitrogens with zero attached hydrogens (tertiary/aromatic N) is 5. The van der Waals surface area contributed by atoms with Crippen molar-refractivity contribution in [2.45, 2.75) is 38.2 Å². The van der Waals surface area contributed by atoms with E-state index in [-0.39, 0.29) is 6.10 Å². The van der Waals surface area contributed by atoms with Gasteiger partial charge >= 0.3 is 0 Å². The Kier molecular flexibility index (Phi) is 5.35. The fraction of sp³-hybridized carbons (Fsp3) is 0.207. The zero-order chi connectivity index (χ0) is 24.6. The third-order valence-electron chi connectivity index (χ3n) is 6.98. The molecule has 6 heterocycles. The summed E-state index contributed by atoms with van der Waals surface area (Å²) in [5, 5.41) is 8.70. The van der Waals surface area contributed by atoms with E-state index in [2.05, 4.69) is 36.2 Å². The van der Waals surface area contributed by atoms with Crippen LogP contribution in [0.4, 0.5) is 0 Å². The topological polar surface area (TPSA) is 105 Å². The molecule has 7 rings (SSSR count). The predicted octanol–water partition coefficient (Wildman–Crippen LogP) is 6.34. The van der Waals surface area contributed by atoms with E-state index in [1.54, 1.807) is 18.6 Å². The van der Waals surface area contributed by atoms with Crippen molar-refractivity contribution in [2.75, 3.05) is 0 Å². The van der Waals surface area contributed by atoms with E-state index >= 15 is 0 Å². The molecular formula is C29H25N7O. The number of hydrogen-bond acceptors (Lipinski definition) is 6. The van der Waals surface area contributed by atoms with Gasteiger partial charge in [-0.15, -0.1) is 0 Å². The van der Waals surface area contributed by atoms with Gasteiger partial charge in [-0.25, -0.2) is 4.98 Å². The first-order chi connectivity index (χ1) is 18.3. The van der Waals surface area contributed by atoms with Crippen LogP contribution < -0.4 is 4.74 Å². The lowest BCUT2D eigenvalue weighted by molar-refractivity contribution is 0.154. The van der Waals surface area contributed by atoms with Gasteiger partial charge in [0.2, 0.25) is 0 Å². The van der Waals surface area contributed by atoms with Gasteiger partial charge < -0.3 is 9.72 Å². The van der Waals surface area contributed by atoms with E-state index in [9.17, 15) is 0 Å². The molecule has 0 spiro atoms. The average molecular weight is 488 g/mol. The van der Waals surface area contributed by atoms with Crippen molar-refractivity contribution < 1.29 is 4.74 Å². The number of hydrogen-bond donors (Lipinski definition) is 2. The van der Waals surface area contributed by atoms with E-state index in [1.807, 2.05) is 48.7 Å². The lowest BCUT2D eigenvalue weighted by atomic mass is 9.98. The molecule has 37 heavy (non-hydrogen) atoms. The Morgan fingerprint density at radius 1 is 0.811 bits per heavy atom. The fourth-order valence-electron chi connectivity index (χ4n) is 5.13. The van der Waals surface area contributed by atoms with Crippen LogP contribution in [-0.2, 0) is 0 Å². The number of H-pyrrole nitrogens is 2. The zero-order valence-electron chi connectivity index (χ0n) is 20.2. The molecule has 2 N–H and O–H groups in total. The molecular weight excluding hydrogens is 462 g/mol. The van der Waals surface area contributed by atoms with Crippen molar-refractivity contribution in [3.8, 4) is 39.8 Å². The minimum atomic E-state index is 0.272. The molecule has 0 bridgehead atoms. The predicted molar refractivity (Wildman–Crippen MR) is 143 cm³/mol. The molecule has 6 aromatic rings. The summed E-state index contributed by atoms with van der Waals surface area (Å²) in [6, 6.07) is 15.9. The highest BCUT2D eigenvalue weighted by molar-refractivity contribution is 5.98. The van der Waals surface area contributed by atoms with E-state index in [4.69, 9.17) is 9.72 Å². The van der Waals surface area contributed by atoms with Gasteiger partial charge in [-0.3, -0.25) is 20.1 Å². The minimum Gasteiger partial charge on any atom is -0.489 e. The third kappa shape index (κ3) is 4.10. The lowest BCUT2D eigenvalue weighted by Crippen LogP contribution is -2.19. The quantitative estimate of drug-likeness (QED) is 0.294. The maximum absolute atomic E-state index is 6.24. The summed E-state index contributed by atoms with van der Waals surface area (Å²) >= 11 is 0. The number of nitrogens with one attached hydrogen (secondary N) is 2. The molecule has 0 amide bonds. The molecule has 1 aliphatic carbocycles. The van der Waals surface area contributed by atoms with Crippen molar-refractivity contribution in [3.63, 3.8) is 0 Å². The van der Waals surface area contributed by atoms with E-state index in [0.717, 1.165) is 74.6 Å². The highest BCUT2D eigenvalue weighted by atomic mass is 16.5. The number of ether oxygens (including phenoxy) is 1. The number of pyridine rings is 4. The van der Waals surface area contributed by atoms with Crippen molar-refractivity contribution in [1.29, 1.82) is 0 Å². The monoisotopic (exact) mass is 487 g/mol. The Labute approximate surface area is 213 Å². The highest BCUT2D eigenvalue weighted by Crippen LogP contribution is 2.33. The van der Waals surface area contributed by atoms with E-state index in [0.29, 0.717) is 0 Å². The van der Waals surface area contributed by atoms with Crippen LogP contribution >= 0.6 is 0 Å². The molecule has 0 aromatic carbocycles. The molecule has 0 atom stereocenters. The second-order valence-electron chi connectivity index (χ2n) is 9.47. The maximum Gasteiger partial charge on any atom is 0.138 e. The van der Waals surface area contributed by atoms with Gasteiger partial charge in [-0.2, -0.15) is 5.10 Å². The molecule has 0 aliphatic heterocycles. The standard InChI is InChI=1S/C29H25N7O/c1-2-6-19(7-3-1)37-20-14-18(16-30-17-20)22-9-10-25-28(34-22)29(36-35-25)26-15-21-23(33-26)11-13-32-27(21)24-8-4-5-12-31-24/h4-5,8-17,19,33H,1-3,6-7H2,(H,35,36). The zero-order valence-corrected chi connectivity index (χ0v) is 20.2. The molecule has 6 aromatic heterocycles. The summed E-state index contributed by atoms with van der Waals surface area (Å²) in [4.78, 5) is 22.0. The summed E-state index contributed by atoms with van der Waals surface area (Å²) in [6.45, 7) is 0. The number of fused-ring (bicyclic) bond motifs is 2. The summed E-state index contributed by atoms with van der Waals surface area (Å²) in [6.07, 6.45) is 13.4. The largest absolute Gasteiger partial charge is 0.489 e. The summed E-state index contributed by atoms with van der Waals surface area (Å²) in [7, 11) is 0. The Morgan fingerprint density at radius 3 is 2.65 bits per heavy atom. The Hall–Kier alpha value is -4.59. The normalized spacial score (nSPS) is 14.4. The van der Waals surface area contributed by atoms with Crippen LogP contribution in [0.1, 0.15) is 32.1 Å². The van der Waals surface area contributed by atoms with Crippen LogP contribution in [0.25, 0.3) is 56.0 Å². The summed E-state index contributed by atoms with van der Waals surface area (Å²) < 4.78 is 6.24. The van der Waals surface area contributed by atoms with Gasteiger partial charge in [0, 0.05) is 35.1 Å². The molecule has 8 heteroatoms. The van der Waals surface area contributed by atoms with Crippen molar-refractivity contribution >= 4 is 21.9 Å². The van der Waals surface area contributed by atoms with Gasteiger partial charge in [0.15, 0.2) is 0 Å². The molecule has 0 unspecified atom stereocenters. The van der Waals surface area contributed by atoms with Crippen LogP contribution in [0.3, 0.4) is 0 Å². The van der Waals surface area contributed by atoms with Crippen molar-refractivity contribution in [3.05, 3.63) is 73.3 Å². The Morgan fingerprint density at radius 2 is 1.76 bits per heavy atom. The maximum atomic E-state index is 6.24. The molecule has 0 saturated heterocycles. The Bertz CT molecular complexity index is 1700. The SMILES string of the molecule is c1ccc(-c2nccc3[nH]c(-c4n[nH]c5ccc(-c6cncc(OC7CCCCC7)c6)nc45)cc23)nc1. The minimum absolute atomic E-state index is 0.272. The van der Waals surface area contributed by atoms with E-state index < -0.39 is 0 Å². The van der Waals surface area contributed by atoms with Gasteiger partial charge in [-0.05, 0) is 68.1 Å². The molecule has 182 valence electrons. The smallest absolute Gasteiger partial charge is 0.138 e. The average Bonchev–Trinajstić information content (AvgIpc) is 3.58. The van der Waals surface area contributed by atoms with Gasteiger partial charge in [0.25, 0.3) is 0 Å². The van der Waals surface area contributed by atoms with Crippen LogP contribution in [0, 0.1) is 0 Å². The number of aromatic amines is 2. The van der Waals surface area contributed by atoms with Gasteiger partial charge in [0.1, 0.15) is 17.0 Å². The highest BCUT2D eigenvalue weighted by Gasteiger charge is 2.18. The number of rotatable bonds is 5. The molecule has 1 aliphatic rings. The molecule has 0 radical (unpaired) electrons. The van der Waals surface area contributed by atoms with Crippen molar-refractivity contribution in [1.82, 2.24) is 35.1 Å². The summed E-state index contributed by atoms with van der Waals surface area (Å²) in [5.74, 6) is 0.795. The van der Waals surface area contributed by atoms with Crippen LogP contribution in [0.15, 0.2) is 73.3 Å². The molecule has 1 saturated carbocycles. The van der Waals surface area contributed by atoms with Crippen LogP contribution in [0.2, 0.25) is 0 Å². The first kappa shape index (κ1) is 21.7. The van der Waals surface area contributed by atoms with E-state index in [1.165, 1.54) is 19.3 Å². The molecule has 1 fully saturated rings. The Balaban J connectivity index is 1.26. The second kappa shape index (κ2) is 9.13. The first-order valence-corrected chi connectivity index (χ1v) is 12.7. The fourth-order valence-corrected chi connectivity index (χ4v) is 5.13. The summed E-state index contributed by atoms with van der Waals surface area (Å²) in [5.41, 5.74) is 7.63. The van der Waals surface area contributed by atoms with Crippen molar-refractivity contribution in [2.24, 2.45) is 0 Å². The molecule has 8 nitrogen and oxygen atoms in total. The van der Waals surface area contributed by atoms with Crippen LogP contribution in [0.5, 0.6) is 5.75 Å². The van der Waals surface area contributed by atoms with Gasteiger partial charge in [-0.1, -0.05) is 12.5 Å². The number of aromatic nitrogens is 7.